The number of hydrogen-bond acceptors (Lipinski definition) is 3. The number of nitrogens with one attached hydrogen (secondary N) is 2. The molecule has 1 aliphatic heterocycles. The third-order valence-corrected chi connectivity index (χ3v) is 5.10. The van der Waals surface area contributed by atoms with Gasteiger partial charge in [-0.05, 0) is 49.1 Å². The van der Waals surface area contributed by atoms with Crippen LogP contribution in [0.4, 0.5) is 0 Å². The second-order valence-electron chi connectivity index (χ2n) is 7.79. The van der Waals surface area contributed by atoms with Crippen molar-refractivity contribution in [3.05, 3.63) is 65.2 Å². The fraction of sp³-hybridized carbons (Fsp3) is 0.417. The molecule has 0 aromatic heterocycles. The van der Waals surface area contributed by atoms with Crippen LogP contribution in [0.2, 0.25) is 0 Å². The third-order valence-electron chi connectivity index (χ3n) is 5.10. The summed E-state index contributed by atoms with van der Waals surface area (Å²) in [6.07, 6.45) is 1.65. The summed E-state index contributed by atoms with van der Waals surface area (Å²) in [6, 6.07) is 16.4. The fourth-order valence-electron chi connectivity index (χ4n) is 3.54. The SMILES string of the molecule is CN=C(NCc1cccc(CN2CCCC2=O)c1)NCC(C)Oc1cccc(C)c1. The van der Waals surface area contributed by atoms with Gasteiger partial charge >= 0.3 is 0 Å². The van der Waals surface area contributed by atoms with E-state index in [-0.39, 0.29) is 12.0 Å². The molecule has 1 fully saturated rings. The van der Waals surface area contributed by atoms with Crippen molar-refractivity contribution in [2.45, 2.75) is 45.9 Å². The lowest BCUT2D eigenvalue weighted by Gasteiger charge is -2.18. The van der Waals surface area contributed by atoms with Crippen LogP contribution in [0.5, 0.6) is 5.75 Å². The van der Waals surface area contributed by atoms with E-state index in [9.17, 15) is 4.79 Å². The molecular weight excluding hydrogens is 376 g/mol. The predicted molar refractivity (Wildman–Crippen MR) is 121 cm³/mol. The van der Waals surface area contributed by atoms with Gasteiger partial charge in [-0.2, -0.15) is 0 Å². The molecule has 1 amide bonds. The predicted octanol–water partition coefficient (Wildman–Crippen LogP) is 3.25. The largest absolute Gasteiger partial charge is 0.489 e. The number of carbonyl (C=O) groups excluding carboxylic acids is 1. The van der Waals surface area contributed by atoms with E-state index in [0.717, 1.165) is 35.8 Å². The van der Waals surface area contributed by atoms with Crippen molar-refractivity contribution in [2.24, 2.45) is 4.99 Å². The monoisotopic (exact) mass is 408 g/mol. The lowest BCUT2D eigenvalue weighted by Crippen LogP contribution is -2.41. The van der Waals surface area contributed by atoms with Crippen LogP contribution >= 0.6 is 0 Å². The van der Waals surface area contributed by atoms with Gasteiger partial charge in [0.1, 0.15) is 11.9 Å². The van der Waals surface area contributed by atoms with E-state index in [2.05, 4.69) is 46.8 Å². The Morgan fingerprint density at radius 3 is 2.70 bits per heavy atom. The maximum Gasteiger partial charge on any atom is 0.222 e. The Bertz CT molecular complexity index is 881. The molecule has 1 atom stereocenters. The molecule has 1 aliphatic rings. The maximum absolute atomic E-state index is 11.9. The normalized spacial score (nSPS) is 15.2. The van der Waals surface area contributed by atoms with Crippen LogP contribution in [0.3, 0.4) is 0 Å². The molecule has 6 heteroatoms. The molecule has 160 valence electrons. The van der Waals surface area contributed by atoms with Gasteiger partial charge in [-0.15, -0.1) is 0 Å². The van der Waals surface area contributed by atoms with Crippen LogP contribution in [0, 0.1) is 6.92 Å². The molecule has 0 bridgehead atoms. The molecule has 2 aromatic carbocycles. The van der Waals surface area contributed by atoms with Gasteiger partial charge in [0.15, 0.2) is 5.96 Å². The fourth-order valence-corrected chi connectivity index (χ4v) is 3.54. The maximum atomic E-state index is 11.9. The van der Waals surface area contributed by atoms with Crippen molar-refractivity contribution in [1.82, 2.24) is 15.5 Å². The van der Waals surface area contributed by atoms with Crippen LogP contribution in [0.25, 0.3) is 0 Å². The molecule has 6 nitrogen and oxygen atoms in total. The highest BCUT2D eigenvalue weighted by molar-refractivity contribution is 5.79. The highest BCUT2D eigenvalue weighted by atomic mass is 16.5. The van der Waals surface area contributed by atoms with Crippen molar-refractivity contribution in [3.8, 4) is 5.75 Å². The molecule has 2 N–H and O–H groups in total. The number of benzene rings is 2. The van der Waals surface area contributed by atoms with Crippen LogP contribution in [0.1, 0.15) is 36.5 Å². The average Bonchev–Trinajstić information content (AvgIpc) is 3.13. The number of nitrogens with zero attached hydrogens (tertiary/aromatic N) is 2. The van der Waals surface area contributed by atoms with Crippen molar-refractivity contribution in [3.63, 3.8) is 0 Å². The van der Waals surface area contributed by atoms with Gasteiger partial charge in [-0.3, -0.25) is 9.79 Å². The molecule has 30 heavy (non-hydrogen) atoms. The summed E-state index contributed by atoms with van der Waals surface area (Å²) in [4.78, 5) is 18.1. The zero-order valence-electron chi connectivity index (χ0n) is 18.1. The Labute approximate surface area is 179 Å². The second kappa shape index (κ2) is 10.7. The molecule has 0 radical (unpaired) electrons. The summed E-state index contributed by atoms with van der Waals surface area (Å²) >= 11 is 0. The number of ether oxygens (including phenoxy) is 1. The first-order valence-electron chi connectivity index (χ1n) is 10.6. The van der Waals surface area contributed by atoms with Gasteiger partial charge in [-0.1, -0.05) is 36.4 Å². The quantitative estimate of drug-likeness (QED) is 0.520. The molecule has 0 aliphatic carbocycles. The molecule has 3 rings (SSSR count). The van der Waals surface area contributed by atoms with Crippen molar-refractivity contribution in [1.29, 1.82) is 0 Å². The number of likely N-dealkylation sites (tertiary alicyclic amines) is 1. The van der Waals surface area contributed by atoms with Gasteiger partial charge in [0, 0.05) is 33.1 Å². The van der Waals surface area contributed by atoms with E-state index in [1.807, 2.05) is 36.1 Å². The van der Waals surface area contributed by atoms with Crippen LogP contribution in [0.15, 0.2) is 53.5 Å². The lowest BCUT2D eigenvalue weighted by atomic mass is 10.1. The minimum absolute atomic E-state index is 0.00618. The Balaban J connectivity index is 1.45. The van der Waals surface area contributed by atoms with Gasteiger partial charge in [0.05, 0.1) is 6.54 Å². The summed E-state index contributed by atoms with van der Waals surface area (Å²) in [6.45, 7) is 6.94. The summed E-state index contributed by atoms with van der Waals surface area (Å²) in [5.41, 5.74) is 3.50. The summed E-state index contributed by atoms with van der Waals surface area (Å²) in [5.74, 6) is 1.86. The molecule has 1 heterocycles. The minimum Gasteiger partial charge on any atom is -0.489 e. The van der Waals surface area contributed by atoms with E-state index in [1.165, 1.54) is 5.56 Å². The number of amides is 1. The smallest absolute Gasteiger partial charge is 0.222 e. The summed E-state index contributed by atoms with van der Waals surface area (Å²) in [7, 11) is 1.76. The number of rotatable bonds is 8. The zero-order valence-corrected chi connectivity index (χ0v) is 18.1. The Morgan fingerprint density at radius 1 is 1.17 bits per heavy atom. The van der Waals surface area contributed by atoms with Crippen LogP contribution in [-0.2, 0) is 17.9 Å². The topological polar surface area (TPSA) is 66.0 Å². The van der Waals surface area contributed by atoms with Crippen molar-refractivity contribution in [2.75, 3.05) is 20.1 Å². The van der Waals surface area contributed by atoms with Gasteiger partial charge in [0.2, 0.25) is 5.91 Å². The number of aryl methyl sites for hydroxylation is 1. The molecule has 0 saturated carbocycles. The van der Waals surface area contributed by atoms with Crippen molar-refractivity contribution < 1.29 is 9.53 Å². The highest BCUT2D eigenvalue weighted by Gasteiger charge is 2.19. The minimum atomic E-state index is 0.00618. The van der Waals surface area contributed by atoms with Gasteiger partial charge in [-0.25, -0.2) is 0 Å². The summed E-state index contributed by atoms with van der Waals surface area (Å²) in [5, 5.41) is 6.66. The molecule has 1 saturated heterocycles. The standard InChI is InChI=1S/C24H32N4O2/c1-18-7-4-10-22(13-18)30-19(2)15-26-24(25-3)27-16-20-8-5-9-21(14-20)17-28-12-6-11-23(28)29/h4-5,7-10,13-14,19H,6,11-12,15-17H2,1-3H3,(H2,25,26,27). The van der Waals surface area contributed by atoms with Crippen LogP contribution < -0.4 is 15.4 Å². The molecule has 2 aromatic rings. The van der Waals surface area contributed by atoms with Crippen LogP contribution in [-0.4, -0.2) is 43.0 Å². The Kier molecular flexibility index (Phi) is 7.71. The molecular formula is C24H32N4O2. The lowest BCUT2D eigenvalue weighted by molar-refractivity contribution is -0.128. The third kappa shape index (κ3) is 6.51. The van der Waals surface area contributed by atoms with Crippen molar-refractivity contribution >= 4 is 11.9 Å². The molecule has 0 spiro atoms. The zero-order chi connectivity index (χ0) is 21.3. The van der Waals surface area contributed by atoms with E-state index in [1.54, 1.807) is 7.05 Å². The second-order valence-corrected chi connectivity index (χ2v) is 7.79. The Hall–Kier alpha value is -3.02. The number of aliphatic imine (C=N–C) groups is 1. The van der Waals surface area contributed by atoms with Gasteiger partial charge < -0.3 is 20.3 Å². The first kappa shape index (κ1) is 21.7. The van der Waals surface area contributed by atoms with E-state index < -0.39 is 0 Å². The van der Waals surface area contributed by atoms with Gasteiger partial charge in [0.25, 0.3) is 0 Å². The van der Waals surface area contributed by atoms with E-state index >= 15 is 0 Å². The van der Waals surface area contributed by atoms with E-state index in [4.69, 9.17) is 4.74 Å². The highest BCUT2D eigenvalue weighted by Crippen LogP contribution is 2.15. The number of guanidine groups is 1. The Morgan fingerprint density at radius 2 is 1.97 bits per heavy atom. The first-order valence-corrected chi connectivity index (χ1v) is 10.6. The van der Waals surface area contributed by atoms with E-state index in [0.29, 0.717) is 26.1 Å². The number of hydrogen-bond donors (Lipinski definition) is 2. The number of carbonyl (C=O) groups is 1. The first-order chi connectivity index (χ1) is 14.5. The molecule has 1 unspecified atom stereocenters. The summed E-state index contributed by atoms with van der Waals surface area (Å²) < 4.78 is 5.96. The average molecular weight is 409 g/mol.